The molecule has 0 aliphatic heterocycles. The highest BCUT2D eigenvalue weighted by Gasteiger charge is 2.16. The number of methoxy groups -OCH3 is 2. The van der Waals surface area contributed by atoms with Gasteiger partial charge in [-0.2, -0.15) is 0 Å². The van der Waals surface area contributed by atoms with Gasteiger partial charge in [0.05, 0.1) is 14.2 Å². The normalized spacial score (nSPS) is 14.0. The summed E-state index contributed by atoms with van der Waals surface area (Å²) in [6.45, 7) is 0. The van der Waals surface area contributed by atoms with Gasteiger partial charge in [-0.1, -0.05) is 19.3 Å². The Bertz CT molecular complexity index is 846. The van der Waals surface area contributed by atoms with Crippen molar-refractivity contribution >= 4 is 23.3 Å². The lowest BCUT2D eigenvalue weighted by molar-refractivity contribution is 0.0927. The van der Waals surface area contributed by atoms with Crippen LogP contribution in [0.4, 0.5) is 16.2 Å². The summed E-state index contributed by atoms with van der Waals surface area (Å²) >= 11 is 0. The lowest BCUT2D eigenvalue weighted by Gasteiger charge is -2.22. The standard InChI is InChI=1S/C22H27N3O4/c1-28-19-13-12-18(14-20(19)29-2)25-22(27)24-17-10-8-15(9-11-17)21(26)23-16-6-4-3-5-7-16/h8-14,16H,3-7H2,1-2H3,(H,23,26)(H2,24,25,27). The minimum atomic E-state index is -0.392. The Labute approximate surface area is 170 Å². The van der Waals surface area contributed by atoms with Crippen LogP contribution in [0.2, 0.25) is 0 Å². The zero-order valence-electron chi connectivity index (χ0n) is 16.8. The van der Waals surface area contributed by atoms with E-state index in [-0.39, 0.29) is 11.9 Å². The van der Waals surface area contributed by atoms with Gasteiger partial charge in [-0.3, -0.25) is 4.79 Å². The molecule has 2 aromatic rings. The Morgan fingerprint density at radius 1 is 0.828 bits per heavy atom. The molecule has 2 aromatic carbocycles. The number of hydrogen-bond donors (Lipinski definition) is 3. The van der Waals surface area contributed by atoms with Gasteiger partial charge in [0.1, 0.15) is 0 Å². The summed E-state index contributed by atoms with van der Waals surface area (Å²) in [6, 6.07) is 11.8. The first-order valence-corrected chi connectivity index (χ1v) is 9.80. The van der Waals surface area contributed by atoms with Crippen LogP contribution in [0.5, 0.6) is 11.5 Å². The second kappa shape index (κ2) is 9.82. The number of carbonyl (C=O) groups is 2. The smallest absolute Gasteiger partial charge is 0.323 e. The van der Waals surface area contributed by atoms with Gasteiger partial charge in [0.2, 0.25) is 0 Å². The maximum absolute atomic E-state index is 12.4. The summed E-state index contributed by atoms with van der Waals surface area (Å²) in [5, 5.41) is 8.58. The lowest BCUT2D eigenvalue weighted by Crippen LogP contribution is -2.36. The second-order valence-corrected chi connectivity index (χ2v) is 7.03. The van der Waals surface area contributed by atoms with Crippen LogP contribution in [0.3, 0.4) is 0 Å². The number of ether oxygens (including phenoxy) is 2. The quantitative estimate of drug-likeness (QED) is 0.674. The molecule has 0 bridgehead atoms. The van der Waals surface area contributed by atoms with Crippen LogP contribution in [-0.4, -0.2) is 32.2 Å². The first-order valence-electron chi connectivity index (χ1n) is 9.80. The summed E-state index contributed by atoms with van der Waals surface area (Å²) < 4.78 is 10.4. The summed E-state index contributed by atoms with van der Waals surface area (Å²) in [5.74, 6) is 1.04. The molecule has 3 rings (SSSR count). The average Bonchev–Trinajstić information content (AvgIpc) is 2.74. The number of urea groups is 1. The van der Waals surface area contributed by atoms with Gasteiger partial charge in [0.15, 0.2) is 11.5 Å². The van der Waals surface area contributed by atoms with Crippen molar-refractivity contribution in [1.82, 2.24) is 5.32 Å². The van der Waals surface area contributed by atoms with Crippen LogP contribution >= 0.6 is 0 Å². The molecule has 1 aliphatic carbocycles. The third kappa shape index (κ3) is 5.63. The Hall–Kier alpha value is -3.22. The topological polar surface area (TPSA) is 88.7 Å². The van der Waals surface area contributed by atoms with Crippen LogP contribution < -0.4 is 25.4 Å². The number of anilines is 2. The van der Waals surface area contributed by atoms with E-state index in [2.05, 4.69) is 16.0 Å². The zero-order chi connectivity index (χ0) is 20.6. The summed E-state index contributed by atoms with van der Waals surface area (Å²) in [6.07, 6.45) is 5.67. The van der Waals surface area contributed by atoms with E-state index in [4.69, 9.17) is 9.47 Å². The van der Waals surface area contributed by atoms with E-state index in [0.717, 1.165) is 12.8 Å². The van der Waals surface area contributed by atoms with Gasteiger partial charge in [0, 0.05) is 29.0 Å². The summed E-state index contributed by atoms with van der Waals surface area (Å²) in [5.41, 5.74) is 1.75. The van der Waals surface area contributed by atoms with E-state index in [9.17, 15) is 9.59 Å². The second-order valence-electron chi connectivity index (χ2n) is 7.03. The number of amides is 3. The fourth-order valence-electron chi connectivity index (χ4n) is 3.43. The molecule has 3 N–H and O–H groups in total. The van der Waals surface area contributed by atoms with Crippen molar-refractivity contribution in [2.75, 3.05) is 24.9 Å². The van der Waals surface area contributed by atoms with Gasteiger partial charge in [-0.25, -0.2) is 4.79 Å². The molecule has 0 aromatic heterocycles. The number of nitrogens with one attached hydrogen (secondary N) is 3. The zero-order valence-corrected chi connectivity index (χ0v) is 16.8. The van der Waals surface area contributed by atoms with Crippen molar-refractivity contribution < 1.29 is 19.1 Å². The molecular formula is C22H27N3O4. The predicted molar refractivity (Wildman–Crippen MR) is 113 cm³/mol. The summed E-state index contributed by atoms with van der Waals surface area (Å²) in [4.78, 5) is 24.6. The molecule has 0 spiro atoms. The van der Waals surface area contributed by atoms with Gasteiger partial charge in [-0.15, -0.1) is 0 Å². The van der Waals surface area contributed by atoms with Crippen molar-refractivity contribution in [1.29, 1.82) is 0 Å². The van der Waals surface area contributed by atoms with E-state index in [1.807, 2.05) is 0 Å². The molecule has 3 amide bonds. The number of carbonyl (C=O) groups excluding carboxylic acids is 2. The van der Waals surface area contributed by atoms with E-state index < -0.39 is 6.03 Å². The Morgan fingerprint density at radius 3 is 2.10 bits per heavy atom. The molecule has 0 unspecified atom stereocenters. The van der Waals surface area contributed by atoms with Crippen LogP contribution in [0.15, 0.2) is 42.5 Å². The highest BCUT2D eigenvalue weighted by Crippen LogP contribution is 2.29. The molecule has 0 saturated heterocycles. The molecule has 0 heterocycles. The fraction of sp³-hybridized carbons (Fsp3) is 0.364. The Balaban J connectivity index is 1.55. The SMILES string of the molecule is COc1ccc(NC(=O)Nc2ccc(C(=O)NC3CCCCC3)cc2)cc1OC. The summed E-state index contributed by atoms with van der Waals surface area (Å²) in [7, 11) is 3.09. The van der Waals surface area contributed by atoms with E-state index in [0.29, 0.717) is 28.4 Å². The number of benzene rings is 2. The largest absolute Gasteiger partial charge is 0.493 e. The van der Waals surface area contributed by atoms with Crippen LogP contribution in [0.25, 0.3) is 0 Å². The molecule has 0 atom stereocenters. The molecule has 7 heteroatoms. The molecule has 29 heavy (non-hydrogen) atoms. The highest BCUT2D eigenvalue weighted by molar-refractivity contribution is 6.00. The molecule has 0 radical (unpaired) electrons. The number of rotatable bonds is 6. The first-order chi connectivity index (χ1) is 14.1. The van der Waals surface area contributed by atoms with E-state index in [1.165, 1.54) is 26.4 Å². The maximum Gasteiger partial charge on any atom is 0.323 e. The lowest BCUT2D eigenvalue weighted by atomic mass is 9.95. The predicted octanol–water partition coefficient (Wildman–Crippen LogP) is 4.41. The maximum atomic E-state index is 12.4. The van der Waals surface area contributed by atoms with Crippen molar-refractivity contribution in [3.05, 3.63) is 48.0 Å². The third-order valence-electron chi connectivity index (χ3n) is 4.99. The molecule has 1 fully saturated rings. The van der Waals surface area contributed by atoms with Crippen LogP contribution in [-0.2, 0) is 0 Å². The Morgan fingerprint density at radius 2 is 1.45 bits per heavy atom. The monoisotopic (exact) mass is 397 g/mol. The van der Waals surface area contributed by atoms with E-state index in [1.54, 1.807) is 49.6 Å². The van der Waals surface area contributed by atoms with E-state index >= 15 is 0 Å². The molecule has 1 saturated carbocycles. The third-order valence-corrected chi connectivity index (χ3v) is 4.99. The molecule has 1 aliphatic rings. The average molecular weight is 397 g/mol. The van der Waals surface area contributed by atoms with Crippen molar-refractivity contribution in [2.24, 2.45) is 0 Å². The minimum absolute atomic E-state index is 0.0711. The molecular weight excluding hydrogens is 370 g/mol. The molecule has 7 nitrogen and oxygen atoms in total. The van der Waals surface area contributed by atoms with Crippen molar-refractivity contribution in [3.63, 3.8) is 0 Å². The van der Waals surface area contributed by atoms with Crippen LogP contribution in [0, 0.1) is 0 Å². The Kier molecular flexibility index (Phi) is 6.94. The van der Waals surface area contributed by atoms with Crippen molar-refractivity contribution in [2.45, 2.75) is 38.1 Å². The number of hydrogen-bond acceptors (Lipinski definition) is 4. The van der Waals surface area contributed by atoms with Gasteiger partial charge in [0.25, 0.3) is 5.91 Å². The minimum Gasteiger partial charge on any atom is -0.493 e. The fourth-order valence-corrected chi connectivity index (χ4v) is 3.43. The van der Waals surface area contributed by atoms with Gasteiger partial charge >= 0.3 is 6.03 Å². The highest BCUT2D eigenvalue weighted by atomic mass is 16.5. The molecule has 154 valence electrons. The van der Waals surface area contributed by atoms with Gasteiger partial charge in [-0.05, 0) is 49.2 Å². The first kappa shape index (κ1) is 20.5. The van der Waals surface area contributed by atoms with Crippen molar-refractivity contribution in [3.8, 4) is 11.5 Å². The van der Waals surface area contributed by atoms with Crippen LogP contribution in [0.1, 0.15) is 42.5 Å². The van der Waals surface area contributed by atoms with Gasteiger partial charge < -0.3 is 25.4 Å².